The Kier molecular flexibility index (Phi) is 7.43. The molecule has 0 aliphatic heterocycles. The van der Waals surface area contributed by atoms with E-state index >= 15 is 0 Å². The molecule has 5 nitrogen and oxygen atoms in total. The number of ether oxygens (including phenoxy) is 1. The summed E-state index contributed by atoms with van der Waals surface area (Å²) in [6, 6.07) is 0. The van der Waals surface area contributed by atoms with Crippen molar-refractivity contribution >= 4 is 17.3 Å². The van der Waals surface area contributed by atoms with Crippen LogP contribution in [-0.2, 0) is 11.2 Å². The van der Waals surface area contributed by atoms with Crippen molar-refractivity contribution in [3.05, 3.63) is 15.6 Å². The summed E-state index contributed by atoms with van der Waals surface area (Å²) >= 11 is 1.77. The van der Waals surface area contributed by atoms with Crippen molar-refractivity contribution in [1.29, 1.82) is 0 Å². The van der Waals surface area contributed by atoms with Crippen LogP contribution in [-0.4, -0.2) is 44.8 Å². The highest BCUT2D eigenvalue weighted by Crippen LogP contribution is 2.16. The zero-order valence-corrected chi connectivity index (χ0v) is 13.1. The first-order valence-electron chi connectivity index (χ1n) is 6.53. The van der Waals surface area contributed by atoms with Crippen LogP contribution in [0.1, 0.15) is 22.0 Å². The van der Waals surface area contributed by atoms with Gasteiger partial charge in [-0.05, 0) is 20.3 Å². The predicted molar refractivity (Wildman–Crippen MR) is 81.1 cm³/mol. The van der Waals surface area contributed by atoms with Crippen molar-refractivity contribution in [2.24, 2.45) is 4.99 Å². The summed E-state index contributed by atoms with van der Waals surface area (Å²) < 4.78 is 5.00. The number of aromatic nitrogens is 1. The van der Waals surface area contributed by atoms with Gasteiger partial charge in [0.05, 0.1) is 10.7 Å². The SMILES string of the molecule is CN=C(NCCCOC)NCCc1nc(C)c(C)s1. The van der Waals surface area contributed by atoms with Gasteiger partial charge in [-0.15, -0.1) is 11.3 Å². The van der Waals surface area contributed by atoms with Gasteiger partial charge in [-0.2, -0.15) is 0 Å². The van der Waals surface area contributed by atoms with Gasteiger partial charge in [-0.1, -0.05) is 0 Å². The molecule has 0 fully saturated rings. The zero-order chi connectivity index (χ0) is 14.1. The van der Waals surface area contributed by atoms with Crippen molar-refractivity contribution in [3.8, 4) is 0 Å². The van der Waals surface area contributed by atoms with Crippen LogP contribution in [0, 0.1) is 13.8 Å². The first kappa shape index (κ1) is 15.9. The summed E-state index contributed by atoms with van der Waals surface area (Å²) in [7, 11) is 3.49. The fourth-order valence-corrected chi connectivity index (χ4v) is 2.51. The first-order valence-corrected chi connectivity index (χ1v) is 7.35. The van der Waals surface area contributed by atoms with E-state index in [9.17, 15) is 0 Å². The van der Waals surface area contributed by atoms with Gasteiger partial charge in [0.2, 0.25) is 0 Å². The Bertz CT molecular complexity index is 384. The standard InChI is InChI=1S/C13H24N4OS/c1-10-11(2)19-12(17-10)6-8-16-13(14-3)15-7-5-9-18-4/h5-9H2,1-4H3,(H2,14,15,16). The molecule has 1 aromatic rings. The van der Waals surface area contributed by atoms with Gasteiger partial charge in [-0.25, -0.2) is 4.98 Å². The van der Waals surface area contributed by atoms with Crippen LogP contribution < -0.4 is 10.6 Å². The number of hydrogen-bond acceptors (Lipinski definition) is 4. The van der Waals surface area contributed by atoms with Gasteiger partial charge in [0.25, 0.3) is 0 Å². The molecule has 0 unspecified atom stereocenters. The van der Waals surface area contributed by atoms with E-state index in [0.29, 0.717) is 0 Å². The number of methoxy groups -OCH3 is 1. The molecule has 0 aromatic carbocycles. The van der Waals surface area contributed by atoms with Crippen LogP contribution in [0.25, 0.3) is 0 Å². The Hall–Kier alpha value is -1.14. The maximum absolute atomic E-state index is 5.00. The van der Waals surface area contributed by atoms with Gasteiger partial charge in [0, 0.05) is 45.2 Å². The lowest BCUT2D eigenvalue weighted by Gasteiger charge is -2.10. The second-order valence-corrected chi connectivity index (χ2v) is 5.56. The van der Waals surface area contributed by atoms with Crippen LogP contribution in [0.3, 0.4) is 0 Å². The smallest absolute Gasteiger partial charge is 0.190 e. The number of guanidine groups is 1. The summed E-state index contributed by atoms with van der Waals surface area (Å²) in [5, 5.41) is 7.72. The normalized spacial score (nSPS) is 11.7. The highest BCUT2D eigenvalue weighted by molar-refractivity contribution is 7.11. The third-order valence-corrected chi connectivity index (χ3v) is 3.88. The third kappa shape index (κ3) is 6.02. The van der Waals surface area contributed by atoms with Crippen LogP contribution in [0.4, 0.5) is 0 Å². The Morgan fingerprint density at radius 1 is 1.32 bits per heavy atom. The highest BCUT2D eigenvalue weighted by atomic mass is 32.1. The molecule has 0 aliphatic rings. The van der Waals surface area contributed by atoms with Gasteiger partial charge in [0.15, 0.2) is 5.96 Å². The molecule has 0 spiro atoms. The van der Waals surface area contributed by atoms with E-state index < -0.39 is 0 Å². The molecule has 1 rings (SSSR count). The quantitative estimate of drug-likeness (QED) is 0.453. The van der Waals surface area contributed by atoms with Crippen LogP contribution in [0.2, 0.25) is 0 Å². The molecule has 0 radical (unpaired) electrons. The Balaban J connectivity index is 2.22. The molecule has 0 aliphatic carbocycles. The minimum absolute atomic E-state index is 0.766. The number of hydrogen-bond donors (Lipinski definition) is 2. The van der Waals surface area contributed by atoms with Crippen molar-refractivity contribution in [2.45, 2.75) is 26.7 Å². The monoisotopic (exact) mass is 284 g/mol. The summed E-state index contributed by atoms with van der Waals surface area (Å²) in [5.74, 6) is 0.834. The Labute approximate surface area is 119 Å². The summed E-state index contributed by atoms with van der Waals surface area (Å²) in [5.41, 5.74) is 1.14. The number of thiazole rings is 1. The number of aliphatic imine (C=N–C) groups is 1. The second-order valence-electron chi connectivity index (χ2n) is 4.27. The van der Waals surface area contributed by atoms with E-state index in [-0.39, 0.29) is 0 Å². The maximum Gasteiger partial charge on any atom is 0.190 e. The molecule has 108 valence electrons. The third-order valence-electron chi connectivity index (χ3n) is 2.75. The first-order chi connectivity index (χ1) is 9.17. The Morgan fingerprint density at radius 3 is 2.63 bits per heavy atom. The Morgan fingerprint density at radius 2 is 2.05 bits per heavy atom. The number of aryl methyl sites for hydroxylation is 2. The molecule has 0 saturated carbocycles. The molecule has 2 N–H and O–H groups in total. The summed E-state index contributed by atoms with van der Waals surface area (Å²) in [6.45, 7) is 6.64. The number of nitrogens with one attached hydrogen (secondary N) is 2. The van der Waals surface area contributed by atoms with E-state index in [1.165, 1.54) is 9.88 Å². The molecular weight excluding hydrogens is 260 g/mol. The minimum atomic E-state index is 0.766. The average molecular weight is 284 g/mol. The molecule has 6 heteroatoms. The van der Waals surface area contributed by atoms with E-state index in [1.807, 2.05) is 0 Å². The minimum Gasteiger partial charge on any atom is -0.385 e. The van der Waals surface area contributed by atoms with Crippen LogP contribution >= 0.6 is 11.3 Å². The molecular formula is C13H24N4OS. The summed E-state index contributed by atoms with van der Waals surface area (Å²) in [6.07, 6.45) is 1.90. The largest absolute Gasteiger partial charge is 0.385 e. The number of nitrogens with zero attached hydrogens (tertiary/aromatic N) is 2. The van der Waals surface area contributed by atoms with E-state index in [0.717, 1.165) is 44.2 Å². The van der Waals surface area contributed by atoms with Gasteiger partial charge in [-0.3, -0.25) is 4.99 Å². The van der Waals surface area contributed by atoms with Crippen LogP contribution in [0.5, 0.6) is 0 Å². The van der Waals surface area contributed by atoms with E-state index in [4.69, 9.17) is 4.74 Å². The highest BCUT2D eigenvalue weighted by Gasteiger charge is 2.03. The maximum atomic E-state index is 5.00. The lowest BCUT2D eigenvalue weighted by molar-refractivity contribution is 0.195. The second kappa shape index (κ2) is 8.87. The molecule has 19 heavy (non-hydrogen) atoms. The van der Waals surface area contributed by atoms with Gasteiger partial charge < -0.3 is 15.4 Å². The predicted octanol–water partition coefficient (Wildman–Crippen LogP) is 1.50. The van der Waals surface area contributed by atoms with Crippen molar-refractivity contribution in [1.82, 2.24) is 15.6 Å². The lowest BCUT2D eigenvalue weighted by atomic mass is 10.4. The fraction of sp³-hybridized carbons (Fsp3) is 0.692. The summed E-state index contributed by atoms with van der Waals surface area (Å²) in [4.78, 5) is 10.0. The average Bonchev–Trinajstić information content (AvgIpc) is 2.71. The van der Waals surface area contributed by atoms with E-state index in [2.05, 4.69) is 34.5 Å². The lowest BCUT2D eigenvalue weighted by Crippen LogP contribution is -2.38. The molecule has 1 heterocycles. The number of rotatable bonds is 7. The van der Waals surface area contributed by atoms with Gasteiger partial charge >= 0.3 is 0 Å². The van der Waals surface area contributed by atoms with E-state index in [1.54, 1.807) is 25.5 Å². The van der Waals surface area contributed by atoms with Crippen molar-refractivity contribution in [3.63, 3.8) is 0 Å². The van der Waals surface area contributed by atoms with Gasteiger partial charge in [0.1, 0.15) is 0 Å². The fourth-order valence-electron chi connectivity index (χ4n) is 1.58. The van der Waals surface area contributed by atoms with Crippen molar-refractivity contribution in [2.75, 3.05) is 33.9 Å². The van der Waals surface area contributed by atoms with Crippen molar-refractivity contribution < 1.29 is 4.74 Å². The molecule has 0 amide bonds. The molecule has 0 saturated heterocycles. The molecule has 0 atom stereocenters. The van der Waals surface area contributed by atoms with Crippen LogP contribution in [0.15, 0.2) is 4.99 Å². The molecule has 0 bridgehead atoms. The molecule has 1 aromatic heterocycles. The zero-order valence-electron chi connectivity index (χ0n) is 12.2. The topological polar surface area (TPSA) is 58.5 Å².